The molecular weight excluding hydrogens is 353 g/mol. The number of alkyl halides is 3. The Hall–Kier alpha value is -2.81. The number of halogens is 3. The first-order chi connectivity index (χ1) is 11.8. The Kier molecular flexibility index (Phi) is 4.49. The van der Waals surface area contributed by atoms with Crippen molar-refractivity contribution in [2.24, 2.45) is 0 Å². The van der Waals surface area contributed by atoms with Crippen molar-refractivity contribution in [1.82, 2.24) is 15.0 Å². The first-order valence-electron chi connectivity index (χ1n) is 7.07. The number of hydrogen-bond donors (Lipinski definition) is 1. The molecule has 0 atom stereocenters. The minimum Gasteiger partial charge on any atom is -0.298 e. The third-order valence-corrected chi connectivity index (χ3v) is 4.06. The summed E-state index contributed by atoms with van der Waals surface area (Å²) in [6, 6.07) is 5.49. The molecule has 1 amide bonds. The van der Waals surface area contributed by atoms with Crippen LogP contribution in [0.4, 0.5) is 18.3 Å². The van der Waals surface area contributed by atoms with Crippen molar-refractivity contribution in [2.45, 2.75) is 13.1 Å². The number of rotatable bonds is 3. The number of hydrogen-bond acceptors (Lipinski definition) is 5. The Morgan fingerprint density at radius 2 is 2.00 bits per heavy atom. The molecule has 3 aromatic heterocycles. The van der Waals surface area contributed by atoms with E-state index in [1.54, 1.807) is 23.8 Å². The maximum atomic E-state index is 12.6. The molecule has 0 aliphatic rings. The number of thiazole rings is 1. The third kappa shape index (κ3) is 3.82. The van der Waals surface area contributed by atoms with Gasteiger partial charge < -0.3 is 0 Å². The predicted molar refractivity (Wildman–Crippen MR) is 87.3 cm³/mol. The van der Waals surface area contributed by atoms with E-state index in [-0.39, 0.29) is 11.3 Å². The topological polar surface area (TPSA) is 67.8 Å². The zero-order valence-electron chi connectivity index (χ0n) is 12.8. The van der Waals surface area contributed by atoms with Gasteiger partial charge in [-0.15, -0.1) is 11.3 Å². The minimum atomic E-state index is -4.55. The van der Waals surface area contributed by atoms with Crippen molar-refractivity contribution in [1.29, 1.82) is 0 Å². The van der Waals surface area contributed by atoms with Crippen LogP contribution in [0.2, 0.25) is 0 Å². The lowest BCUT2D eigenvalue weighted by atomic mass is 10.1. The van der Waals surface area contributed by atoms with E-state index in [4.69, 9.17) is 0 Å². The summed E-state index contributed by atoms with van der Waals surface area (Å²) >= 11 is 1.21. The normalized spacial score (nSPS) is 11.4. The van der Waals surface area contributed by atoms with Crippen LogP contribution in [0, 0.1) is 6.92 Å². The van der Waals surface area contributed by atoms with Crippen LogP contribution in [-0.4, -0.2) is 20.9 Å². The first-order valence-corrected chi connectivity index (χ1v) is 7.94. The van der Waals surface area contributed by atoms with E-state index in [9.17, 15) is 18.0 Å². The van der Waals surface area contributed by atoms with Crippen LogP contribution in [0.1, 0.15) is 21.7 Å². The van der Waals surface area contributed by atoms with Gasteiger partial charge in [0.15, 0.2) is 5.13 Å². The number of aryl methyl sites for hydroxylation is 1. The van der Waals surface area contributed by atoms with Gasteiger partial charge in [0.2, 0.25) is 0 Å². The summed E-state index contributed by atoms with van der Waals surface area (Å²) in [4.78, 5) is 24.0. The van der Waals surface area contributed by atoms with Gasteiger partial charge in [-0.05, 0) is 31.2 Å². The number of pyridine rings is 2. The monoisotopic (exact) mass is 364 g/mol. The van der Waals surface area contributed by atoms with E-state index in [0.717, 1.165) is 17.7 Å². The zero-order valence-corrected chi connectivity index (χ0v) is 13.6. The Balaban J connectivity index is 1.78. The first kappa shape index (κ1) is 17.0. The fraction of sp³-hybridized carbons (Fsp3) is 0.125. The van der Waals surface area contributed by atoms with Gasteiger partial charge in [-0.25, -0.2) is 9.97 Å². The molecule has 0 spiro atoms. The van der Waals surface area contributed by atoms with Crippen LogP contribution in [0.25, 0.3) is 11.3 Å². The summed E-state index contributed by atoms with van der Waals surface area (Å²) in [6.07, 6.45) is -1.27. The average Bonchev–Trinajstić information content (AvgIpc) is 3.03. The maximum Gasteiger partial charge on any atom is 0.433 e. The minimum absolute atomic E-state index is 0.00337. The molecule has 128 valence electrons. The van der Waals surface area contributed by atoms with Crippen LogP contribution < -0.4 is 5.32 Å². The molecule has 3 heterocycles. The second kappa shape index (κ2) is 6.60. The van der Waals surface area contributed by atoms with Crippen molar-refractivity contribution in [2.75, 3.05) is 5.32 Å². The number of nitrogens with zero attached hydrogens (tertiary/aromatic N) is 3. The molecule has 0 aliphatic carbocycles. The summed E-state index contributed by atoms with van der Waals surface area (Å²) in [6.45, 7) is 1.35. The summed E-state index contributed by atoms with van der Waals surface area (Å²) in [5.41, 5.74) is 0.472. The maximum absolute atomic E-state index is 12.6. The van der Waals surface area contributed by atoms with Gasteiger partial charge in [-0.1, -0.05) is 0 Å². The molecule has 9 heteroatoms. The summed E-state index contributed by atoms with van der Waals surface area (Å²) in [7, 11) is 0. The van der Waals surface area contributed by atoms with Crippen LogP contribution in [0.3, 0.4) is 0 Å². The molecule has 5 nitrogen and oxygen atoms in total. The molecule has 0 unspecified atom stereocenters. The number of nitrogens with one attached hydrogen (secondary N) is 1. The molecule has 0 saturated heterocycles. The highest BCUT2D eigenvalue weighted by Gasteiger charge is 2.33. The van der Waals surface area contributed by atoms with Gasteiger partial charge in [0, 0.05) is 23.3 Å². The molecule has 1 N–H and O–H groups in total. The molecule has 25 heavy (non-hydrogen) atoms. The molecule has 3 aromatic rings. The van der Waals surface area contributed by atoms with Crippen molar-refractivity contribution in [3.8, 4) is 11.3 Å². The molecule has 0 aromatic carbocycles. The van der Waals surface area contributed by atoms with Crippen molar-refractivity contribution >= 4 is 22.4 Å². The van der Waals surface area contributed by atoms with Crippen LogP contribution in [-0.2, 0) is 6.18 Å². The number of anilines is 1. The number of amides is 1. The Bertz CT molecular complexity index is 909. The summed E-state index contributed by atoms with van der Waals surface area (Å²) < 4.78 is 37.9. The SMILES string of the molecule is Cc1nc(C(F)(F)F)ccc1C(=O)Nc1nc(-c2cccnc2)cs1. The van der Waals surface area contributed by atoms with E-state index in [2.05, 4.69) is 20.3 Å². The number of carbonyl (C=O) groups is 1. The van der Waals surface area contributed by atoms with Gasteiger partial charge in [0.25, 0.3) is 5.91 Å². The highest BCUT2D eigenvalue weighted by Crippen LogP contribution is 2.29. The largest absolute Gasteiger partial charge is 0.433 e. The van der Waals surface area contributed by atoms with Gasteiger partial charge in [-0.2, -0.15) is 13.2 Å². The Morgan fingerprint density at radius 3 is 2.64 bits per heavy atom. The third-order valence-electron chi connectivity index (χ3n) is 3.30. The Morgan fingerprint density at radius 1 is 1.20 bits per heavy atom. The standard InChI is InChI=1S/C16H11F3N4OS/c1-9-11(4-5-13(21-9)16(17,18)19)14(24)23-15-22-12(8-25-15)10-3-2-6-20-7-10/h2-8H,1H3,(H,22,23,24). The van der Waals surface area contributed by atoms with Gasteiger partial charge in [-0.3, -0.25) is 15.1 Å². The van der Waals surface area contributed by atoms with Crippen molar-refractivity contribution in [3.05, 3.63) is 59.0 Å². The number of carbonyl (C=O) groups excluding carboxylic acids is 1. The lowest BCUT2D eigenvalue weighted by molar-refractivity contribution is -0.141. The lowest BCUT2D eigenvalue weighted by Crippen LogP contribution is -2.16. The predicted octanol–water partition coefficient (Wildman–Crippen LogP) is 4.18. The molecule has 3 rings (SSSR count). The van der Waals surface area contributed by atoms with Crippen molar-refractivity contribution < 1.29 is 18.0 Å². The van der Waals surface area contributed by atoms with Crippen molar-refractivity contribution in [3.63, 3.8) is 0 Å². The molecule has 0 radical (unpaired) electrons. The van der Waals surface area contributed by atoms with E-state index >= 15 is 0 Å². The van der Waals surface area contributed by atoms with Crippen LogP contribution in [0.5, 0.6) is 0 Å². The molecule has 0 bridgehead atoms. The fourth-order valence-electron chi connectivity index (χ4n) is 2.10. The van der Waals surface area contributed by atoms with Crippen LogP contribution >= 0.6 is 11.3 Å². The van der Waals surface area contributed by atoms with Gasteiger partial charge >= 0.3 is 6.18 Å². The highest BCUT2D eigenvalue weighted by molar-refractivity contribution is 7.14. The molecule has 0 fully saturated rings. The summed E-state index contributed by atoms with van der Waals surface area (Å²) in [5.74, 6) is -0.564. The molecular formula is C16H11F3N4OS. The fourth-order valence-corrected chi connectivity index (χ4v) is 2.82. The quantitative estimate of drug-likeness (QED) is 0.757. The van der Waals surface area contributed by atoms with Gasteiger partial charge in [0.05, 0.1) is 17.0 Å². The summed E-state index contributed by atoms with van der Waals surface area (Å²) in [5, 5.41) is 4.66. The van der Waals surface area contributed by atoms with Crippen LogP contribution in [0.15, 0.2) is 42.0 Å². The van der Waals surface area contributed by atoms with E-state index in [1.165, 1.54) is 18.3 Å². The average molecular weight is 364 g/mol. The zero-order chi connectivity index (χ0) is 18.0. The van der Waals surface area contributed by atoms with E-state index in [0.29, 0.717) is 10.8 Å². The van der Waals surface area contributed by atoms with E-state index < -0.39 is 17.8 Å². The smallest absolute Gasteiger partial charge is 0.298 e. The van der Waals surface area contributed by atoms with Gasteiger partial charge in [0.1, 0.15) is 5.69 Å². The Labute approximate surface area is 144 Å². The lowest BCUT2D eigenvalue weighted by Gasteiger charge is -2.09. The van der Waals surface area contributed by atoms with E-state index in [1.807, 2.05) is 6.07 Å². The highest BCUT2D eigenvalue weighted by atomic mass is 32.1. The molecule has 0 saturated carbocycles. The second-order valence-corrected chi connectivity index (χ2v) is 5.92. The molecule has 0 aliphatic heterocycles. The number of aromatic nitrogens is 3. The second-order valence-electron chi connectivity index (χ2n) is 5.06.